The number of esters is 1. The normalized spacial score (nSPS) is 10.3. The van der Waals surface area contributed by atoms with Crippen LogP contribution in [0, 0.1) is 0 Å². The maximum Gasteiger partial charge on any atom is 0.383 e. The van der Waals surface area contributed by atoms with E-state index in [2.05, 4.69) is 0 Å². The number of carbonyl (C=O) groups is 1. The Hall–Kier alpha value is -2.50. The lowest BCUT2D eigenvalue weighted by molar-refractivity contribution is -0.131. The van der Waals surface area contributed by atoms with E-state index >= 15 is 0 Å². The van der Waals surface area contributed by atoms with Gasteiger partial charge in [-0.1, -0.05) is 6.07 Å². The predicted molar refractivity (Wildman–Crippen MR) is 66.9 cm³/mol. The topological polar surface area (TPSA) is 75.0 Å². The van der Waals surface area contributed by atoms with Gasteiger partial charge in [-0.15, -0.1) is 0 Å². The molecule has 0 aliphatic heterocycles. The smallest absolute Gasteiger partial charge is 0.383 e. The van der Waals surface area contributed by atoms with Crippen LogP contribution in [-0.2, 0) is 4.79 Å². The Balaban J connectivity index is 2.87. The van der Waals surface area contributed by atoms with Crippen LogP contribution in [0.2, 0.25) is 0 Å². The van der Waals surface area contributed by atoms with Crippen molar-refractivity contribution in [2.24, 2.45) is 0 Å². The Morgan fingerprint density at radius 3 is 2.47 bits per heavy atom. The van der Waals surface area contributed by atoms with Crippen molar-refractivity contribution in [2.75, 3.05) is 14.2 Å². The quantitative estimate of drug-likeness (QED) is 0.621. The molecular weight excluding hydrogens is 252 g/mol. The summed E-state index contributed by atoms with van der Waals surface area (Å²) in [6, 6.07) is 4.96. The molecule has 1 aromatic heterocycles. The fourth-order valence-corrected chi connectivity index (χ4v) is 1.74. The van der Waals surface area contributed by atoms with Crippen LogP contribution in [0.15, 0.2) is 27.4 Å². The molecule has 0 N–H and O–H groups in total. The number of fused-ring (bicyclic) bond motifs is 1. The van der Waals surface area contributed by atoms with Crippen LogP contribution in [0.5, 0.6) is 17.2 Å². The number of hydrogen-bond donors (Lipinski definition) is 0. The summed E-state index contributed by atoms with van der Waals surface area (Å²) in [4.78, 5) is 22.9. The lowest BCUT2D eigenvalue weighted by Crippen LogP contribution is -2.10. The minimum absolute atomic E-state index is 0.0279. The summed E-state index contributed by atoms with van der Waals surface area (Å²) >= 11 is 0. The standard InChI is InChI=1S/C13H12O6/c1-7(14)18-11-8-5-4-6-9(16-2)10(8)19-13(15)12(11)17-3/h4-6H,1-3H3. The number of carbonyl (C=O) groups excluding carboxylic acids is 1. The molecule has 1 heterocycles. The minimum atomic E-state index is -0.740. The third kappa shape index (κ3) is 2.24. The fraction of sp³-hybridized carbons (Fsp3) is 0.231. The second-order valence-corrected chi connectivity index (χ2v) is 3.68. The maximum atomic E-state index is 11.8. The third-order valence-corrected chi connectivity index (χ3v) is 2.48. The van der Waals surface area contributed by atoms with Gasteiger partial charge in [-0.3, -0.25) is 4.79 Å². The molecule has 6 nitrogen and oxygen atoms in total. The van der Waals surface area contributed by atoms with Crippen molar-refractivity contribution in [2.45, 2.75) is 6.92 Å². The van der Waals surface area contributed by atoms with Gasteiger partial charge in [0.1, 0.15) is 0 Å². The molecule has 2 aromatic rings. The fourth-order valence-electron chi connectivity index (χ4n) is 1.74. The lowest BCUT2D eigenvalue weighted by atomic mass is 10.2. The average Bonchev–Trinajstić information content (AvgIpc) is 2.37. The van der Waals surface area contributed by atoms with Crippen LogP contribution in [0.25, 0.3) is 11.0 Å². The van der Waals surface area contributed by atoms with Crippen molar-refractivity contribution in [3.8, 4) is 17.2 Å². The molecular formula is C13H12O6. The highest BCUT2D eigenvalue weighted by molar-refractivity contribution is 5.91. The number of hydrogen-bond acceptors (Lipinski definition) is 6. The molecule has 0 amide bonds. The zero-order valence-corrected chi connectivity index (χ0v) is 10.7. The van der Waals surface area contributed by atoms with Crippen molar-refractivity contribution < 1.29 is 23.4 Å². The molecule has 19 heavy (non-hydrogen) atoms. The van der Waals surface area contributed by atoms with Gasteiger partial charge in [-0.25, -0.2) is 4.79 Å². The first kappa shape index (κ1) is 12.9. The molecule has 0 bridgehead atoms. The second kappa shape index (κ2) is 5.01. The minimum Gasteiger partial charge on any atom is -0.493 e. The van der Waals surface area contributed by atoms with Crippen LogP contribution in [0.4, 0.5) is 0 Å². The Labute approximate surface area is 108 Å². The molecule has 0 spiro atoms. The average molecular weight is 264 g/mol. The van der Waals surface area contributed by atoms with Crippen molar-refractivity contribution in [3.05, 3.63) is 28.6 Å². The van der Waals surface area contributed by atoms with Gasteiger partial charge in [-0.05, 0) is 12.1 Å². The summed E-state index contributed by atoms with van der Waals surface area (Å²) in [5.74, 6) is -0.324. The number of para-hydroxylation sites is 1. The number of methoxy groups -OCH3 is 2. The molecule has 100 valence electrons. The van der Waals surface area contributed by atoms with Crippen molar-refractivity contribution in [1.82, 2.24) is 0 Å². The highest BCUT2D eigenvalue weighted by Crippen LogP contribution is 2.36. The van der Waals surface area contributed by atoms with Crippen LogP contribution in [-0.4, -0.2) is 20.2 Å². The lowest BCUT2D eigenvalue weighted by Gasteiger charge is -2.10. The van der Waals surface area contributed by atoms with E-state index in [1.54, 1.807) is 18.2 Å². The molecule has 0 radical (unpaired) electrons. The maximum absolute atomic E-state index is 11.8. The summed E-state index contributed by atoms with van der Waals surface area (Å²) in [5.41, 5.74) is -0.539. The van der Waals surface area contributed by atoms with E-state index < -0.39 is 11.6 Å². The van der Waals surface area contributed by atoms with Crippen LogP contribution in [0.1, 0.15) is 6.92 Å². The highest BCUT2D eigenvalue weighted by Gasteiger charge is 2.20. The molecule has 1 aromatic carbocycles. The van der Waals surface area contributed by atoms with Gasteiger partial charge >= 0.3 is 11.6 Å². The SMILES string of the molecule is COc1c(OC(C)=O)c2cccc(OC)c2oc1=O. The van der Waals surface area contributed by atoms with E-state index in [-0.39, 0.29) is 17.1 Å². The van der Waals surface area contributed by atoms with Gasteiger partial charge in [0.15, 0.2) is 17.1 Å². The van der Waals surface area contributed by atoms with Crippen molar-refractivity contribution in [3.63, 3.8) is 0 Å². The van der Waals surface area contributed by atoms with E-state index in [4.69, 9.17) is 18.6 Å². The van der Waals surface area contributed by atoms with Crippen molar-refractivity contribution in [1.29, 1.82) is 0 Å². The summed E-state index contributed by atoms with van der Waals surface area (Å²) < 4.78 is 20.2. The molecule has 0 saturated carbocycles. The van der Waals surface area contributed by atoms with Crippen LogP contribution in [0.3, 0.4) is 0 Å². The number of ether oxygens (including phenoxy) is 3. The Bertz CT molecular complexity index is 685. The molecule has 2 rings (SSSR count). The summed E-state index contributed by atoms with van der Waals surface area (Å²) in [7, 11) is 2.75. The number of benzene rings is 1. The van der Waals surface area contributed by atoms with Crippen LogP contribution >= 0.6 is 0 Å². The Morgan fingerprint density at radius 2 is 1.89 bits per heavy atom. The monoisotopic (exact) mass is 264 g/mol. The Morgan fingerprint density at radius 1 is 1.16 bits per heavy atom. The molecule has 0 aliphatic rings. The van der Waals surface area contributed by atoms with E-state index in [1.165, 1.54) is 21.1 Å². The predicted octanol–water partition coefficient (Wildman–Crippen LogP) is 1.74. The molecule has 0 aliphatic carbocycles. The first-order valence-electron chi connectivity index (χ1n) is 5.44. The van der Waals surface area contributed by atoms with E-state index in [0.717, 1.165) is 0 Å². The third-order valence-electron chi connectivity index (χ3n) is 2.48. The molecule has 0 unspecified atom stereocenters. The summed E-state index contributed by atoms with van der Waals surface area (Å²) in [5, 5.41) is 0.422. The van der Waals surface area contributed by atoms with Gasteiger partial charge in [0.2, 0.25) is 5.75 Å². The Kier molecular flexibility index (Phi) is 3.41. The molecule has 0 fully saturated rings. The van der Waals surface area contributed by atoms with Crippen LogP contribution < -0.4 is 19.8 Å². The highest BCUT2D eigenvalue weighted by atomic mass is 16.6. The molecule has 0 saturated heterocycles. The van der Waals surface area contributed by atoms with E-state index in [0.29, 0.717) is 11.1 Å². The number of rotatable bonds is 3. The van der Waals surface area contributed by atoms with Gasteiger partial charge in [-0.2, -0.15) is 0 Å². The van der Waals surface area contributed by atoms with E-state index in [1.807, 2.05) is 0 Å². The second-order valence-electron chi connectivity index (χ2n) is 3.68. The molecule has 0 atom stereocenters. The summed E-state index contributed by atoms with van der Waals surface area (Å²) in [6.45, 7) is 1.24. The first-order valence-corrected chi connectivity index (χ1v) is 5.44. The largest absolute Gasteiger partial charge is 0.493 e. The molecule has 6 heteroatoms. The van der Waals surface area contributed by atoms with Crippen molar-refractivity contribution >= 4 is 16.9 Å². The van der Waals surface area contributed by atoms with E-state index in [9.17, 15) is 9.59 Å². The van der Waals surface area contributed by atoms with Gasteiger partial charge in [0.25, 0.3) is 0 Å². The zero-order chi connectivity index (χ0) is 14.0. The first-order chi connectivity index (χ1) is 9.08. The van der Waals surface area contributed by atoms with Gasteiger partial charge < -0.3 is 18.6 Å². The summed E-state index contributed by atoms with van der Waals surface area (Å²) in [6.07, 6.45) is 0. The zero-order valence-electron chi connectivity index (χ0n) is 10.7. The van der Waals surface area contributed by atoms with Gasteiger partial charge in [0.05, 0.1) is 19.6 Å². The van der Waals surface area contributed by atoms with Gasteiger partial charge in [0, 0.05) is 6.92 Å².